The lowest BCUT2D eigenvalue weighted by Gasteiger charge is -2.12. The Labute approximate surface area is 79.8 Å². The Morgan fingerprint density at radius 2 is 1.80 bits per heavy atom. The molecule has 4 heteroatoms. The van der Waals surface area contributed by atoms with E-state index in [0.717, 1.165) is 19.0 Å². The number of halogens is 3. The molecule has 0 aromatic carbocycles. The summed E-state index contributed by atoms with van der Waals surface area (Å²) in [5.41, 5.74) is 0. The van der Waals surface area contributed by atoms with E-state index in [4.69, 9.17) is 34.8 Å². The Kier molecular flexibility index (Phi) is 7.88. The average Bonchev–Trinajstić information content (AvgIpc) is 1.98. The Bertz CT molecular complexity index is 79.4. The maximum atomic E-state index is 5.91. The minimum atomic E-state index is 0.0647. The van der Waals surface area contributed by atoms with Gasteiger partial charge < -0.3 is 0 Å². The highest BCUT2D eigenvalue weighted by Crippen LogP contribution is 2.17. The second-order valence-electron chi connectivity index (χ2n) is 2.10. The van der Waals surface area contributed by atoms with Crippen LogP contribution >= 0.6 is 44.0 Å². The summed E-state index contributed by atoms with van der Waals surface area (Å²) in [5.74, 6) is 0.670. The molecule has 0 aromatic heterocycles. The zero-order valence-corrected chi connectivity index (χ0v) is 9.12. The van der Waals surface area contributed by atoms with Crippen molar-refractivity contribution < 1.29 is 0 Å². The van der Waals surface area contributed by atoms with Gasteiger partial charge in [-0.25, -0.2) is 0 Å². The van der Waals surface area contributed by atoms with Gasteiger partial charge in [0, 0.05) is 5.88 Å². The van der Waals surface area contributed by atoms with E-state index < -0.39 is 0 Å². The number of alkyl halides is 3. The van der Waals surface area contributed by atoms with Crippen molar-refractivity contribution in [1.29, 1.82) is 0 Å². The quantitative estimate of drug-likeness (QED) is 0.494. The van der Waals surface area contributed by atoms with Crippen molar-refractivity contribution in [3.8, 4) is 0 Å². The summed E-state index contributed by atoms with van der Waals surface area (Å²) in [6.07, 6.45) is 2.70. The molecule has 0 rings (SSSR count). The minimum Gasteiger partial charge on any atom is -0.136 e. The van der Waals surface area contributed by atoms with Crippen LogP contribution in [0.4, 0.5) is 0 Å². The second-order valence-corrected chi connectivity index (χ2v) is 4.07. The summed E-state index contributed by atoms with van der Waals surface area (Å²) < 4.78 is 0. The fraction of sp³-hybridized carbons (Fsp3) is 1.00. The van der Waals surface area contributed by atoms with Crippen molar-refractivity contribution in [1.82, 2.24) is 0 Å². The van der Waals surface area contributed by atoms with Crippen molar-refractivity contribution in [3.63, 3.8) is 0 Å². The first-order valence-corrected chi connectivity index (χ1v) is 5.49. The van der Waals surface area contributed by atoms with E-state index in [0.29, 0.717) is 5.88 Å². The fourth-order valence-corrected chi connectivity index (χ4v) is 1.64. The zero-order valence-electron chi connectivity index (χ0n) is 5.69. The smallest absolute Gasteiger partial charge is 0.0534 e. The predicted octanol–water partition coefficient (Wildman–Crippen LogP) is 3.10. The SMILES string of the molecule is PCC(Cl)C(Cl)CCCCl. The van der Waals surface area contributed by atoms with Gasteiger partial charge in [-0.05, 0) is 19.0 Å². The molecule has 0 aliphatic rings. The van der Waals surface area contributed by atoms with E-state index in [1.807, 2.05) is 0 Å². The van der Waals surface area contributed by atoms with Crippen LogP contribution in [0.3, 0.4) is 0 Å². The maximum Gasteiger partial charge on any atom is 0.0534 e. The molecule has 10 heavy (non-hydrogen) atoms. The van der Waals surface area contributed by atoms with E-state index in [2.05, 4.69) is 9.24 Å². The molecule has 3 unspecified atom stereocenters. The molecule has 0 N–H and O–H groups in total. The number of rotatable bonds is 5. The van der Waals surface area contributed by atoms with Crippen molar-refractivity contribution in [2.45, 2.75) is 23.6 Å². The monoisotopic (exact) mass is 220 g/mol. The van der Waals surface area contributed by atoms with Gasteiger partial charge in [-0.3, -0.25) is 0 Å². The van der Waals surface area contributed by atoms with Crippen LogP contribution in [0.2, 0.25) is 0 Å². The molecular formula is C6H12Cl3P. The third-order valence-electron chi connectivity index (χ3n) is 1.23. The summed E-state index contributed by atoms with van der Waals surface area (Å²) in [6, 6.07) is 0. The van der Waals surface area contributed by atoms with Gasteiger partial charge in [0.15, 0.2) is 0 Å². The van der Waals surface area contributed by atoms with Crippen molar-refractivity contribution in [2.75, 3.05) is 12.0 Å². The summed E-state index contributed by atoms with van der Waals surface area (Å²) >= 11 is 17.2. The molecule has 0 aliphatic heterocycles. The molecule has 3 atom stereocenters. The van der Waals surface area contributed by atoms with Crippen molar-refractivity contribution in [3.05, 3.63) is 0 Å². The van der Waals surface area contributed by atoms with Gasteiger partial charge in [0.1, 0.15) is 0 Å². The molecule has 62 valence electrons. The highest BCUT2D eigenvalue weighted by Gasteiger charge is 2.13. The predicted molar refractivity (Wildman–Crippen MR) is 53.8 cm³/mol. The lowest BCUT2D eigenvalue weighted by Crippen LogP contribution is -2.16. The van der Waals surface area contributed by atoms with E-state index >= 15 is 0 Å². The van der Waals surface area contributed by atoms with E-state index in [-0.39, 0.29) is 10.8 Å². The molecule has 0 aromatic rings. The van der Waals surface area contributed by atoms with Crippen LogP contribution in [-0.4, -0.2) is 22.8 Å². The molecule has 0 nitrogen and oxygen atoms in total. The standard InChI is InChI=1S/C6H12Cl3P/c7-3-1-2-5(8)6(9)4-10/h5-6H,1-4,10H2. The largest absolute Gasteiger partial charge is 0.136 e. The molecule has 0 spiro atoms. The minimum absolute atomic E-state index is 0.0647. The first kappa shape index (κ1) is 11.3. The summed E-state index contributed by atoms with van der Waals surface area (Å²) in [6.45, 7) is 0. The van der Waals surface area contributed by atoms with Crippen molar-refractivity contribution >= 4 is 44.0 Å². The third kappa shape index (κ3) is 5.02. The third-order valence-corrected chi connectivity index (χ3v) is 3.44. The van der Waals surface area contributed by atoms with E-state index in [1.54, 1.807) is 0 Å². The van der Waals surface area contributed by atoms with Crippen LogP contribution in [0.25, 0.3) is 0 Å². The Balaban J connectivity index is 3.31. The molecule has 0 saturated heterocycles. The highest BCUT2D eigenvalue weighted by atomic mass is 35.5. The number of hydrogen-bond acceptors (Lipinski definition) is 0. The molecule has 0 aliphatic carbocycles. The molecule has 0 heterocycles. The Morgan fingerprint density at radius 3 is 2.20 bits per heavy atom. The van der Waals surface area contributed by atoms with Gasteiger partial charge in [-0.2, -0.15) is 0 Å². The molecular weight excluding hydrogens is 209 g/mol. The first-order valence-electron chi connectivity index (χ1n) is 3.26. The zero-order chi connectivity index (χ0) is 7.98. The van der Waals surface area contributed by atoms with E-state index in [1.165, 1.54) is 0 Å². The summed E-state index contributed by atoms with van der Waals surface area (Å²) in [5, 5.41) is 0.132. The Hall–Kier alpha value is 1.30. The Morgan fingerprint density at radius 1 is 1.20 bits per heavy atom. The van der Waals surface area contributed by atoms with Crippen LogP contribution in [0.15, 0.2) is 0 Å². The molecule has 0 radical (unpaired) electrons. The summed E-state index contributed by atoms with van der Waals surface area (Å²) in [4.78, 5) is 0. The van der Waals surface area contributed by atoms with Gasteiger partial charge in [-0.15, -0.1) is 44.0 Å². The normalized spacial score (nSPS) is 16.8. The van der Waals surface area contributed by atoms with Crippen molar-refractivity contribution in [2.24, 2.45) is 0 Å². The fourth-order valence-electron chi connectivity index (χ4n) is 0.601. The molecule has 0 amide bonds. The van der Waals surface area contributed by atoms with Crippen LogP contribution < -0.4 is 0 Å². The van der Waals surface area contributed by atoms with Gasteiger partial charge in [-0.1, -0.05) is 0 Å². The van der Waals surface area contributed by atoms with Gasteiger partial charge in [0.2, 0.25) is 0 Å². The lowest BCUT2D eigenvalue weighted by molar-refractivity contribution is 0.724. The van der Waals surface area contributed by atoms with E-state index in [9.17, 15) is 0 Å². The average molecular weight is 221 g/mol. The van der Waals surface area contributed by atoms with Gasteiger partial charge in [0.25, 0.3) is 0 Å². The van der Waals surface area contributed by atoms with Gasteiger partial charge in [0.05, 0.1) is 10.8 Å². The first-order chi connectivity index (χ1) is 4.72. The highest BCUT2D eigenvalue weighted by molar-refractivity contribution is 7.16. The van der Waals surface area contributed by atoms with Crippen LogP contribution in [0, 0.1) is 0 Å². The van der Waals surface area contributed by atoms with Gasteiger partial charge >= 0.3 is 0 Å². The maximum absolute atomic E-state index is 5.91. The second kappa shape index (κ2) is 6.98. The molecule has 0 bridgehead atoms. The number of hydrogen-bond donors (Lipinski definition) is 0. The molecule has 0 fully saturated rings. The van der Waals surface area contributed by atoms with Crippen LogP contribution in [0.5, 0.6) is 0 Å². The summed E-state index contributed by atoms with van der Waals surface area (Å²) in [7, 11) is 2.58. The topological polar surface area (TPSA) is 0 Å². The lowest BCUT2D eigenvalue weighted by atomic mass is 10.2. The van der Waals surface area contributed by atoms with Crippen LogP contribution in [-0.2, 0) is 0 Å². The molecule has 0 saturated carbocycles. The van der Waals surface area contributed by atoms with Crippen LogP contribution in [0.1, 0.15) is 12.8 Å².